The predicted octanol–water partition coefficient (Wildman–Crippen LogP) is 7.09. The van der Waals surface area contributed by atoms with E-state index in [-0.39, 0.29) is 68.4 Å². The van der Waals surface area contributed by atoms with Gasteiger partial charge in [-0.1, -0.05) is 62.3 Å². The van der Waals surface area contributed by atoms with E-state index in [1.54, 1.807) is 0 Å². The lowest BCUT2D eigenvalue weighted by Gasteiger charge is -2.22. The van der Waals surface area contributed by atoms with E-state index in [9.17, 15) is 44.1 Å². The van der Waals surface area contributed by atoms with Crippen molar-refractivity contribution in [3.05, 3.63) is 88.0 Å². The quantitative estimate of drug-likeness (QED) is 0.0619. The van der Waals surface area contributed by atoms with Gasteiger partial charge in [-0.25, -0.2) is 14.4 Å². The molecule has 0 atom stereocenters. The third kappa shape index (κ3) is 11.8. The molecule has 4 aromatic carbocycles. The van der Waals surface area contributed by atoms with Crippen molar-refractivity contribution in [2.75, 3.05) is 19.8 Å². The highest BCUT2D eigenvalue weighted by atomic mass is 16.6. The minimum absolute atomic E-state index is 0.0480. The molecular weight excluding hydrogens is 780 g/mol. The second-order valence-electron chi connectivity index (χ2n) is 16.8. The topological polar surface area (TPSA) is 218 Å². The molecule has 0 fully saturated rings. The first-order chi connectivity index (χ1) is 27.9. The number of esters is 3. The number of hydrogen-bond donors (Lipinski definition) is 3. The highest BCUT2D eigenvalue weighted by Crippen LogP contribution is 2.39. The molecule has 3 N–H and O–H groups in total. The molecule has 0 aromatic heterocycles. The molecule has 0 aliphatic rings. The van der Waals surface area contributed by atoms with E-state index in [4.69, 9.17) is 28.4 Å². The van der Waals surface area contributed by atoms with Crippen molar-refractivity contribution >= 4 is 36.8 Å². The Hall–Kier alpha value is -6.90. The molecular formula is C45H48O15. The summed E-state index contributed by atoms with van der Waals surface area (Å²) in [5.41, 5.74) is -0.694. The number of carbonyl (C=O) groups excluding carboxylic acids is 6. The van der Waals surface area contributed by atoms with E-state index < -0.39 is 54.0 Å². The minimum Gasteiger partial charge on any atom is -0.507 e. The molecule has 60 heavy (non-hydrogen) atoms. The fraction of sp³-hybridized carbons (Fsp3) is 0.333. The summed E-state index contributed by atoms with van der Waals surface area (Å²) >= 11 is 0. The Bertz CT molecular complexity index is 2040. The van der Waals surface area contributed by atoms with Crippen LogP contribution in [0.1, 0.15) is 110 Å². The van der Waals surface area contributed by atoms with Crippen molar-refractivity contribution in [1.29, 1.82) is 0 Å². The van der Waals surface area contributed by atoms with Crippen LogP contribution in [0.2, 0.25) is 0 Å². The van der Waals surface area contributed by atoms with Crippen molar-refractivity contribution in [2.45, 2.75) is 78.6 Å². The highest BCUT2D eigenvalue weighted by molar-refractivity contribution is 5.83. The zero-order chi connectivity index (χ0) is 44.7. The summed E-state index contributed by atoms with van der Waals surface area (Å²) in [5.74, 6) is -3.98. The van der Waals surface area contributed by atoms with Crippen LogP contribution < -0.4 is 28.4 Å². The average Bonchev–Trinajstić information content (AvgIpc) is 3.15. The number of ether oxygens (including phenoxy) is 6. The maximum absolute atomic E-state index is 13.0. The Kier molecular flexibility index (Phi) is 14.0. The van der Waals surface area contributed by atoms with Gasteiger partial charge in [-0.05, 0) is 52.6 Å². The molecule has 0 amide bonds. The molecule has 15 nitrogen and oxygen atoms in total. The molecule has 0 bridgehead atoms. The maximum atomic E-state index is 13.0. The van der Waals surface area contributed by atoms with Gasteiger partial charge < -0.3 is 43.7 Å². The minimum atomic E-state index is -0.957. The Morgan fingerprint density at radius 3 is 0.850 bits per heavy atom. The zero-order valence-corrected chi connectivity index (χ0v) is 34.8. The van der Waals surface area contributed by atoms with Crippen LogP contribution in [0.25, 0.3) is 0 Å². The molecule has 4 rings (SSSR count). The largest absolute Gasteiger partial charge is 0.507 e. The highest BCUT2D eigenvalue weighted by Gasteiger charge is 2.25. The molecule has 0 saturated carbocycles. The lowest BCUT2D eigenvalue weighted by atomic mass is 9.85. The maximum Gasteiger partial charge on any atom is 0.349 e. The Morgan fingerprint density at radius 1 is 0.417 bits per heavy atom. The number of benzene rings is 4. The number of carbonyl (C=O) groups is 6. The van der Waals surface area contributed by atoms with E-state index in [2.05, 4.69) is 0 Å². The van der Waals surface area contributed by atoms with Gasteiger partial charge in [0, 0.05) is 34.9 Å². The molecule has 15 heteroatoms. The first-order valence-corrected chi connectivity index (χ1v) is 18.6. The third-order valence-electron chi connectivity index (χ3n) is 8.76. The summed E-state index contributed by atoms with van der Waals surface area (Å²) in [6.45, 7) is 14.3. The first-order valence-electron chi connectivity index (χ1n) is 18.6. The Balaban J connectivity index is 1.56. The van der Waals surface area contributed by atoms with E-state index >= 15 is 0 Å². The average molecular weight is 829 g/mol. The summed E-state index contributed by atoms with van der Waals surface area (Å²) in [6, 6.07) is 11.7. The second-order valence-corrected chi connectivity index (χ2v) is 16.8. The van der Waals surface area contributed by atoms with Crippen LogP contribution in [0.5, 0.6) is 51.7 Å². The number of hydrogen-bond acceptors (Lipinski definition) is 15. The summed E-state index contributed by atoms with van der Waals surface area (Å²) < 4.78 is 33.1. The first kappa shape index (κ1) is 45.8. The van der Waals surface area contributed by atoms with Gasteiger partial charge in [-0.3, -0.25) is 14.4 Å². The number of aromatic hydroxyl groups is 3. The van der Waals surface area contributed by atoms with E-state index in [1.807, 2.05) is 62.3 Å². The van der Waals surface area contributed by atoms with Crippen LogP contribution in [0.3, 0.4) is 0 Å². The van der Waals surface area contributed by atoms with Crippen LogP contribution in [-0.2, 0) is 30.6 Å². The summed E-state index contributed by atoms with van der Waals surface area (Å²) in [4.78, 5) is 73.9. The molecule has 0 saturated heterocycles. The Morgan fingerprint density at radius 2 is 0.650 bits per heavy atom. The third-order valence-corrected chi connectivity index (χ3v) is 8.76. The van der Waals surface area contributed by atoms with Gasteiger partial charge >= 0.3 is 17.9 Å². The van der Waals surface area contributed by atoms with Crippen molar-refractivity contribution in [3.8, 4) is 51.7 Å². The standard InChI is InChI=1S/C45H48O15/c1-43(2,3)34-16-28(10-25(19-46)40(34)52)55-22-37(49)58-31-13-32(59-38(50)23-56-29-11-26(20-47)41(53)35(17-29)44(4,5)6)15-33(14-31)60-39(51)24-57-30-12-27(21-48)42(54)36(18-30)45(7,8)9/h10-21,52-54H,22-24H2,1-9H3. The van der Waals surface area contributed by atoms with Gasteiger partial charge in [-0.2, -0.15) is 0 Å². The van der Waals surface area contributed by atoms with Crippen LogP contribution in [-0.4, -0.2) is 71.9 Å². The van der Waals surface area contributed by atoms with Crippen molar-refractivity contribution in [1.82, 2.24) is 0 Å². The molecule has 0 spiro atoms. The molecule has 0 unspecified atom stereocenters. The molecule has 0 aliphatic carbocycles. The van der Waals surface area contributed by atoms with Gasteiger partial charge in [0.05, 0.1) is 16.7 Å². The number of rotatable bonds is 15. The summed E-state index contributed by atoms with van der Waals surface area (Å²) in [6.07, 6.45) is 1.36. The molecule has 318 valence electrons. The van der Waals surface area contributed by atoms with Gasteiger partial charge in [0.2, 0.25) is 0 Å². The monoisotopic (exact) mass is 828 g/mol. The smallest absolute Gasteiger partial charge is 0.349 e. The summed E-state index contributed by atoms with van der Waals surface area (Å²) in [5, 5.41) is 31.5. The molecule has 0 radical (unpaired) electrons. The van der Waals surface area contributed by atoms with Crippen molar-refractivity contribution < 1.29 is 72.5 Å². The van der Waals surface area contributed by atoms with E-state index in [0.29, 0.717) is 35.5 Å². The lowest BCUT2D eigenvalue weighted by Crippen LogP contribution is -2.21. The van der Waals surface area contributed by atoms with Gasteiger partial charge in [-0.15, -0.1) is 0 Å². The fourth-order valence-corrected chi connectivity index (χ4v) is 5.75. The van der Waals surface area contributed by atoms with Crippen molar-refractivity contribution in [3.63, 3.8) is 0 Å². The van der Waals surface area contributed by atoms with Crippen molar-refractivity contribution in [2.24, 2.45) is 0 Å². The van der Waals surface area contributed by atoms with Crippen LogP contribution in [0.15, 0.2) is 54.6 Å². The Labute approximate surface area is 346 Å². The lowest BCUT2D eigenvalue weighted by molar-refractivity contribution is -0.137. The number of phenolic OH excluding ortho intramolecular Hbond substituents is 3. The number of aldehydes is 3. The fourth-order valence-electron chi connectivity index (χ4n) is 5.75. The van der Waals surface area contributed by atoms with Gasteiger partial charge in [0.1, 0.15) is 51.7 Å². The second kappa shape index (κ2) is 18.4. The molecule has 4 aromatic rings. The predicted molar refractivity (Wildman–Crippen MR) is 216 cm³/mol. The van der Waals surface area contributed by atoms with Gasteiger partial charge in [0.15, 0.2) is 38.7 Å². The zero-order valence-electron chi connectivity index (χ0n) is 34.8. The van der Waals surface area contributed by atoms with Crippen LogP contribution >= 0.6 is 0 Å². The summed E-state index contributed by atoms with van der Waals surface area (Å²) in [7, 11) is 0. The van der Waals surface area contributed by atoms with Gasteiger partial charge in [0.25, 0.3) is 0 Å². The molecule has 0 aliphatic heterocycles. The van der Waals surface area contributed by atoms with Crippen LogP contribution in [0, 0.1) is 0 Å². The SMILES string of the molecule is CC(C)(C)c1cc(OCC(=O)Oc2cc(OC(=O)COc3cc(C=O)c(O)c(C(C)(C)C)c3)cc(OC(=O)COc3cc(C=O)c(O)c(C(C)(C)C)c3)c2)cc(C=O)c1O. The van der Waals surface area contributed by atoms with E-state index in [1.165, 1.54) is 36.4 Å². The van der Waals surface area contributed by atoms with Crippen LogP contribution in [0.4, 0.5) is 0 Å². The molecule has 0 heterocycles. The normalized spacial score (nSPS) is 11.6. The van der Waals surface area contributed by atoms with E-state index in [0.717, 1.165) is 18.2 Å². The number of phenols is 3.